The molecule has 5 heteroatoms. The van der Waals surface area contributed by atoms with Crippen LogP contribution in [0.5, 0.6) is 0 Å². The van der Waals surface area contributed by atoms with Crippen molar-refractivity contribution < 1.29 is 13.2 Å². The summed E-state index contributed by atoms with van der Waals surface area (Å²) in [5.41, 5.74) is 0. The number of sulfone groups is 1. The van der Waals surface area contributed by atoms with Crippen LogP contribution in [0.1, 0.15) is 52.4 Å². The summed E-state index contributed by atoms with van der Waals surface area (Å²) in [5.74, 6) is 0.491. The van der Waals surface area contributed by atoms with E-state index in [-0.39, 0.29) is 5.25 Å². The molecule has 3 atom stereocenters. The zero-order chi connectivity index (χ0) is 15.0. The summed E-state index contributed by atoms with van der Waals surface area (Å²) in [6.45, 7) is 6.65. The van der Waals surface area contributed by atoms with Crippen LogP contribution in [-0.4, -0.2) is 45.7 Å². The van der Waals surface area contributed by atoms with Gasteiger partial charge in [0.1, 0.15) is 9.84 Å². The number of hydrogen-bond donors (Lipinski definition) is 1. The van der Waals surface area contributed by atoms with Crippen molar-refractivity contribution in [2.75, 3.05) is 26.0 Å². The van der Waals surface area contributed by atoms with Crippen molar-refractivity contribution in [1.29, 1.82) is 0 Å². The highest BCUT2D eigenvalue weighted by Gasteiger charge is 2.32. The molecule has 0 aromatic carbocycles. The largest absolute Gasteiger partial charge is 0.382 e. The number of rotatable bonds is 9. The van der Waals surface area contributed by atoms with Crippen LogP contribution in [0.3, 0.4) is 0 Å². The van der Waals surface area contributed by atoms with Crippen molar-refractivity contribution in [3.8, 4) is 0 Å². The minimum absolute atomic E-state index is 0.130. The van der Waals surface area contributed by atoms with Crippen molar-refractivity contribution >= 4 is 9.84 Å². The molecule has 1 saturated carbocycles. The minimum Gasteiger partial charge on any atom is -0.382 e. The van der Waals surface area contributed by atoms with Crippen LogP contribution < -0.4 is 5.32 Å². The van der Waals surface area contributed by atoms with Gasteiger partial charge in [0.05, 0.1) is 5.25 Å². The van der Waals surface area contributed by atoms with E-state index in [2.05, 4.69) is 12.2 Å². The van der Waals surface area contributed by atoms with E-state index < -0.39 is 9.84 Å². The Hall–Kier alpha value is -0.130. The first kappa shape index (κ1) is 17.9. The van der Waals surface area contributed by atoms with Gasteiger partial charge in [0.25, 0.3) is 0 Å². The molecule has 0 aromatic heterocycles. The summed E-state index contributed by atoms with van der Waals surface area (Å²) in [7, 11) is -2.89. The molecule has 1 aliphatic carbocycles. The minimum atomic E-state index is -2.89. The molecule has 20 heavy (non-hydrogen) atoms. The standard InChI is InChI=1S/C15H31NO3S/c1-4-16-15(10-7-11-19-5-2)13-8-6-9-14(12-13)20(3,17)18/h13-16H,4-12H2,1-3H3. The Balaban J connectivity index is 2.52. The highest BCUT2D eigenvalue weighted by molar-refractivity contribution is 7.91. The average molecular weight is 305 g/mol. The van der Waals surface area contributed by atoms with E-state index in [0.29, 0.717) is 12.0 Å². The van der Waals surface area contributed by atoms with Gasteiger partial charge in [-0.05, 0) is 51.5 Å². The first-order valence-corrected chi connectivity index (χ1v) is 9.94. The van der Waals surface area contributed by atoms with Crippen LogP contribution in [0.15, 0.2) is 0 Å². The van der Waals surface area contributed by atoms with Gasteiger partial charge in [0, 0.05) is 25.5 Å². The predicted molar refractivity (Wildman–Crippen MR) is 83.8 cm³/mol. The van der Waals surface area contributed by atoms with Crippen LogP contribution in [0.4, 0.5) is 0 Å². The van der Waals surface area contributed by atoms with Crippen molar-refractivity contribution in [3.05, 3.63) is 0 Å². The quantitative estimate of drug-likeness (QED) is 0.665. The number of hydrogen-bond acceptors (Lipinski definition) is 4. The second kappa shape index (κ2) is 9.00. The van der Waals surface area contributed by atoms with Gasteiger partial charge in [-0.15, -0.1) is 0 Å². The van der Waals surface area contributed by atoms with Crippen LogP contribution >= 0.6 is 0 Å². The fourth-order valence-corrected chi connectivity index (χ4v) is 4.44. The van der Waals surface area contributed by atoms with E-state index in [4.69, 9.17) is 4.74 Å². The summed E-state index contributed by atoms with van der Waals surface area (Å²) in [6, 6.07) is 0.435. The van der Waals surface area contributed by atoms with E-state index in [9.17, 15) is 8.42 Å². The van der Waals surface area contributed by atoms with Crippen molar-refractivity contribution in [2.45, 2.75) is 63.7 Å². The maximum Gasteiger partial charge on any atom is 0.150 e. The van der Waals surface area contributed by atoms with E-state index in [1.165, 1.54) is 6.26 Å². The first-order chi connectivity index (χ1) is 9.49. The zero-order valence-corrected chi connectivity index (χ0v) is 14.0. The summed E-state index contributed by atoms with van der Waals surface area (Å²) >= 11 is 0. The smallest absolute Gasteiger partial charge is 0.150 e. The lowest BCUT2D eigenvalue weighted by atomic mass is 9.82. The second-order valence-corrected chi connectivity index (χ2v) is 8.21. The molecule has 1 rings (SSSR count). The predicted octanol–water partition coefficient (Wildman–Crippen LogP) is 2.38. The molecule has 0 bridgehead atoms. The average Bonchev–Trinajstić information content (AvgIpc) is 2.41. The van der Waals surface area contributed by atoms with Crippen molar-refractivity contribution in [1.82, 2.24) is 5.32 Å². The lowest BCUT2D eigenvalue weighted by Crippen LogP contribution is -2.41. The van der Waals surface area contributed by atoms with E-state index >= 15 is 0 Å². The molecule has 0 aromatic rings. The van der Waals surface area contributed by atoms with Gasteiger partial charge in [0.2, 0.25) is 0 Å². The Kier molecular flexibility index (Phi) is 8.07. The summed E-state index contributed by atoms with van der Waals surface area (Å²) in [6.07, 6.45) is 7.37. The van der Waals surface area contributed by atoms with E-state index in [1.54, 1.807) is 0 Å². The topological polar surface area (TPSA) is 55.4 Å². The van der Waals surface area contributed by atoms with Crippen molar-refractivity contribution in [2.24, 2.45) is 5.92 Å². The van der Waals surface area contributed by atoms with E-state index in [0.717, 1.165) is 58.3 Å². The molecular weight excluding hydrogens is 274 g/mol. The maximum absolute atomic E-state index is 11.8. The monoisotopic (exact) mass is 305 g/mol. The van der Waals surface area contributed by atoms with Gasteiger partial charge in [-0.3, -0.25) is 0 Å². The SMILES string of the molecule is CCNC(CCCOCC)C1CCCC(S(C)(=O)=O)C1. The normalized spacial score (nSPS) is 25.6. The summed E-state index contributed by atoms with van der Waals surface area (Å²) in [4.78, 5) is 0. The third kappa shape index (κ3) is 6.10. The molecule has 1 N–H and O–H groups in total. The maximum atomic E-state index is 11.8. The Morgan fingerprint density at radius 1 is 1.30 bits per heavy atom. The third-order valence-electron chi connectivity index (χ3n) is 4.32. The first-order valence-electron chi connectivity index (χ1n) is 7.99. The van der Waals surface area contributed by atoms with Gasteiger partial charge in [-0.2, -0.15) is 0 Å². The molecule has 1 aliphatic rings. The number of ether oxygens (including phenoxy) is 1. The Labute approximate surface area is 124 Å². The lowest BCUT2D eigenvalue weighted by molar-refractivity contribution is 0.136. The highest BCUT2D eigenvalue weighted by Crippen LogP contribution is 2.32. The lowest BCUT2D eigenvalue weighted by Gasteiger charge is -2.34. The van der Waals surface area contributed by atoms with Gasteiger partial charge in [-0.1, -0.05) is 13.3 Å². The third-order valence-corrected chi connectivity index (χ3v) is 5.95. The molecule has 120 valence electrons. The summed E-state index contributed by atoms with van der Waals surface area (Å²) in [5, 5.41) is 3.42. The Morgan fingerprint density at radius 3 is 2.65 bits per heavy atom. The van der Waals surface area contributed by atoms with Crippen LogP contribution in [-0.2, 0) is 14.6 Å². The van der Waals surface area contributed by atoms with Gasteiger partial charge >= 0.3 is 0 Å². The molecule has 0 amide bonds. The molecule has 4 nitrogen and oxygen atoms in total. The van der Waals surface area contributed by atoms with Crippen molar-refractivity contribution in [3.63, 3.8) is 0 Å². The van der Waals surface area contributed by atoms with Crippen LogP contribution in [0.25, 0.3) is 0 Å². The van der Waals surface area contributed by atoms with Crippen LogP contribution in [0, 0.1) is 5.92 Å². The second-order valence-electron chi connectivity index (χ2n) is 5.88. The van der Waals surface area contributed by atoms with Gasteiger partial charge in [0.15, 0.2) is 0 Å². The molecule has 0 spiro atoms. The van der Waals surface area contributed by atoms with Crippen LogP contribution in [0.2, 0.25) is 0 Å². The fourth-order valence-electron chi connectivity index (χ4n) is 3.25. The molecule has 0 radical (unpaired) electrons. The summed E-state index contributed by atoms with van der Waals surface area (Å²) < 4.78 is 28.9. The Bertz CT molecular complexity index is 356. The molecule has 0 heterocycles. The number of nitrogens with one attached hydrogen (secondary N) is 1. The van der Waals surface area contributed by atoms with Gasteiger partial charge < -0.3 is 10.1 Å². The molecule has 0 aliphatic heterocycles. The molecular formula is C15H31NO3S. The zero-order valence-electron chi connectivity index (χ0n) is 13.2. The molecule has 1 fully saturated rings. The molecule has 0 saturated heterocycles. The van der Waals surface area contributed by atoms with Gasteiger partial charge in [-0.25, -0.2) is 8.42 Å². The Morgan fingerprint density at radius 2 is 2.05 bits per heavy atom. The highest BCUT2D eigenvalue weighted by atomic mass is 32.2. The molecule has 3 unspecified atom stereocenters. The fraction of sp³-hybridized carbons (Fsp3) is 1.00. The van der Waals surface area contributed by atoms with E-state index in [1.807, 2.05) is 6.92 Å².